The number of hydrogen-bond acceptors (Lipinski definition) is 9. The Morgan fingerprint density at radius 3 is 2.60 bits per heavy atom. The third-order valence-corrected chi connectivity index (χ3v) is 11.8. The van der Waals surface area contributed by atoms with Crippen LogP contribution in [0.3, 0.4) is 0 Å². The summed E-state index contributed by atoms with van der Waals surface area (Å²) in [4.78, 5) is 51.8. The van der Waals surface area contributed by atoms with Gasteiger partial charge in [-0.15, -0.1) is 10.2 Å². The summed E-state index contributed by atoms with van der Waals surface area (Å²) in [5.74, 6) is 0.892. The maximum atomic E-state index is 14.5. The van der Waals surface area contributed by atoms with Crippen LogP contribution in [0.4, 0.5) is 5.69 Å². The molecule has 5 heterocycles. The van der Waals surface area contributed by atoms with Gasteiger partial charge < -0.3 is 29.2 Å². The lowest BCUT2D eigenvalue weighted by molar-refractivity contribution is -0.187. The predicted molar refractivity (Wildman–Crippen MR) is 179 cm³/mol. The van der Waals surface area contributed by atoms with Crippen molar-refractivity contribution in [2.75, 3.05) is 38.3 Å². The molecule has 0 radical (unpaired) electrons. The third kappa shape index (κ3) is 4.67. The van der Waals surface area contributed by atoms with E-state index >= 15 is 0 Å². The Morgan fingerprint density at radius 1 is 1.15 bits per heavy atom. The van der Waals surface area contributed by atoms with Gasteiger partial charge in [-0.2, -0.15) is 4.80 Å². The number of hydrogen-bond donors (Lipinski definition) is 1. The highest BCUT2D eigenvalue weighted by atomic mass is 16.5. The first-order valence-electron chi connectivity index (χ1n) is 17.3. The summed E-state index contributed by atoms with van der Waals surface area (Å²) < 4.78 is 12.9. The Balaban J connectivity index is 1.15. The normalized spacial score (nSPS) is 27.5. The Kier molecular flexibility index (Phi) is 7.39. The van der Waals surface area contributed by atoms with E-state index in [9.17, 15) is 14.4 Å². The fourth-order valence-electron chi connectivity index (χ4n) is 9.01. The largest absolute Gasteiger partial charge is 0.494 e. The maximum absolute atomic E-state index is 14.5. The monoisotopic (exact) mass is 656 g/mol. The van der Waals surface area contributed by atoms with E-state index in [4.69, 9.17) is 19.7 Å². The average Bonchev–Trinajstić information content (AvgIpc) is 3.49. The molecule has 0 aromatic carbocycles. The lowest BCUT2D eigenvalue weighted by Crippen LogP contribution is -2.76. The number of aromatic nitrogens is 5. The van der Waals surface area contributed by atoms with E-state index in [-0.39, 0.29) is 46.9 Å². The Morgan fingerprint density at radius 2 is 1.94 bits per heavy atom. The van der Waals surface area contributed by atoms with Crippen LogP contribution in [-0.2, 0) is 22.5 Å². The molecule has 3 aromatic rings. The van der Waals surface area contributed by atoms with Crippen molar-refractivity contribution in [2.24, 2.45) is 11.3 Å². The third-order valence-electron chi connectivity index (χ3n) is 11.8. The molecule has 2 bridgehead atoms. The van der Waals surface area contributed by atoms with Crippen LogP contribution in [-0.4, -0.2) is 92.3 Å². The van der Waals surface area contributed by atoms with Gasteiger partial charge >= 0.3 is 0 Å². The van der Waals surface area contributed by atoms with Crippen molar-refractivity contribution >= 4 is 34.4 Å². The van der Waals surface area contributed by atoms with Crippen LogP contribution in [0.1, 0.15) is 75.3 Å². The summed E-state index contributed by atoms with van der Waals surface area (Å²) in [5, 5.41) is 12.9. The first-order valence-corrected chi connectivity index (χ1v) is 17.3. The van der Waals surface area contributed by atoms with Crippen molar-refractivity contribution < 1.29 is 19.1 Å². The van der Waals surface area contributed by atoms with Crippen LogP contribution in [0.2, 0.25) is 0 Å². The van der Waals surface area contributed by atoms with Gasteiger partial charge in [-0.25, -0.2) is 0 Å². The summed E-state index contributed by atoms with van der Waals surface area (Å²) >= 11 is 0. The molecule has 2 amide bonds. The summed E-state index contributed by atoms with van der Waals surface area (Å²) in [6.45, 7) is 8.56. The van der Waals surface area contributed by atoms with Crippen molar-refractivity contribution in [2.45, 2.75) is 89.9 Å². The van der Waals surface area contributed by atoms with E-state index in [2.05, 4.69) is 29.0 Å². The summed E-state index contributed by atoms with van der Waals surface area (Å²) in [5.41, 5.74) is 3.44. The molecule has 13 heteroatoms. The van der Waals surface area contributed by atoms with Gasteiger partial charge in [-0.05, 0) is 62.0 Å². The van der Waals surface area contributed by atoms with Gasteiger partial charge in [-0.3, -0.25) is 19.4 Å². The number of nitrogens with zero attached hydrogens (tertiary/aromatic N) is 7. The van der Waals surface area contributed by atoms with Crippen LogP contribution < -0.4 is 20.4 Å². The van der Waals surface area contributed by atoms with Gasteiger partial charge in [0.2, 0.25) is 11.3 Å². The van der Waals surface area contributed by atoms with E-state index in [1.165, 1.54) is 7.11 Å². The molecule has 4 saturated carbocycles. The fourth-order valence-corrected chi connectivity index (χ4v) is 9.01. The molecule has 3 aromatic heterocycles. The van der Waals surface area contributed by atoms with Crippen LogP contribution in [0.5, 0.6) is 5.75 Å². The van der Waals surface area contributed by atoms with Crippen LogP contribution in [0.15, 0.2) is 29.3 Å². The van der Waals surface area contributed by atoms with Crippen LogP contribution in [0.25, 0.3) is 16.9 Å². The van der Waals surface area contributed by atoms with Gasteiger partial charge in [0.25, 0.3) is 5.91 Å². The lowest BCUT2D eigenvalue weighted by Gasteiger charge is -2.72. The number of amides is 2. The van der Waals surface area contributed by atoms with E-state index < -0.39 is 0 Å². The first-order chi connectivity index (χ1) is 23.2. The van der Waals surface area contributed by atoms with E-state index in [0.717, 1.165) is 43.5 Å². The molecular formula is C35H44N8O5. The van der Waals surface area contributed by atoms with Crippen molar-refractivity contribution in [1.82, 2.24) is 34.8 Å². The predicted octanol–water partition coefficient (Wildman–Crippen LogP) is 3.01. The number of piperazine rings is 1. The van der Waals surface area contributed by atoms with E-state index in [0.29, 0.717) is 73.1 Å². The van der Waals surface area contributed by atoms with Gasteiger partial charge in [0.15, 0.2) is 11.2 Å². The molecule has 13 nitrogen and oxygen atoms in total. The van der Waals surface area contributed by atoms with Crippen molar-refractivity contribution in [3.8, 4) is 5.75 Å². The highest BCUT2D eigenvalue weighted by Crippen LogP contribution is 2.70. The topological polar surface area (TPSA) is 137 Å². The SMILES string of the molecule is CCc1c(N2CCN(C(=O)c3ccncc3OC)[C@H]3CC[C@@H]32)c(=O)c2nn(C3=CCOCC3)nc2n1CC(=O)NC12CC(C(C)C)(C1)C2. The highest BCUT2D eigenvalue weighted by Gasteiger charge is 2.69. The minimum Gasteiger partial charge on any atom is -0.494 e. The molecule has 9 rings (SSSR count). The second kappa shape index (κ2) is 11.4. The molecule has 2 atom stereocenters. The molecular weight excluding hydrogens is 612 g/mol. The second-order valence-corrected chi connectivity index (χ2v) is 14.6. The molecule has 6 aliphatic rings. The number of pyridine rings is 2. The minimum absolute atomic E-state index is 0.0329. The second-order valence-electron chi connectivity index (χ2n) is 14.6. The van der Waals surface area contributed by atoms with Crippen molar-refractivity contribution in [1.29, 1.82) is 0 Å². The molecule has 0 unspecified atom stereocenters. The Bertz CT molecular complexity index is 1880. The van der Waals surface area contributed by atoms with E-state index in [1.807, 2.05) is 22.5 Å². The molecule has 48 heavy (non-hydrogen) atoms. The van der Waals surface area contributed by atoms with Crippen molar-refractivity contribution in [3.63, 3.8) is 0 Å². The summed E-state index contributed by atoms with van der Waals surface area (Å²) in [6, 6.07) is 1.61. The molecule has 2 aliphatic heterocycles. The number of anilines is 1. The van der Waals surface area contributed by atoms with Crippen molar-refractivity contribution in [3.05, 3.63) is 46.0 Å². The first kappa shape index (κ1) is 31.0. The smallest absolute Gasteiger partial charge is 0.258 e. The minimum atomic E-state index is -0.183. The molecule has 1 N–H and O–H groups in total. The van der Waals surface area contributed by atoms with Gasteiger partial charge in [0.05, 0.1) is 43.8 Å². The van der Waals surface area contributed by atoms with Gasteiger partial charge in [0, 0.05) is 43.0 Å². The lowest BCUT2D eigenvalue weighted by atomic mass is 9.36. The molecule has 5 fully saturated rings. The number of ether oxygens (including phenoxy) is 2. The van der Waals surface area contributed by atoms with Gasteiger partial charge in [0.1, 0.15) is 18.0 Å². The zero-order valence-electron chi connectivity index (χ0n) is 28.2. The van der Waals surface area contributed by atoms with Crippen LogP contribution >= 0.6 is 0 Å². The number of carbonyl (C=O) groups is 2. The molecule has 4 aliphatic carbocycles. The quantitative estimate of drug-likeness (QED) is 0.369. The van der Waals surface area contributed by atoms with E-state index in [1.54, 1.807) is 23.3 Å². The summed E-state index contributed by atoms with van der Waals surface area (Å²) in [6.07, 6.45) is 11.0. The maximum Gasteiger partial charge on any atom is 0.258 e. The zero-order chi connectivity index (χ0) is 33.4. The molecule has 1 saturated heterocycles. The molecule has 0 spiro atoms. The Hall–Kier alpha value is -4.26. The average molecular weight is 657 g/mol. The zero-order valence-corrected chi connectivity index (χ0v) is 28.2. The summed E-state index contributed by atoms with van der Waals surface area (Å²) in [7, 11) is 1.54. The number of fused-ring (bicyclic) bond motifs is 2. The number of rotatable bonds is 9. The highest BCUT2D eigenvalue weighted by molar-refractivity contribution is 5.97. The Labute approximate surface area is 279 Å². The number of methoxy groups -OCH3 is 1. The number of nitrogens with one attached hydrogen (secondary N) is 1. The van der Waals surface area contributed by atoms with Crippen LogP contribution in [0, 0.1) is 11.3 Å². The standard InChI is InChI=1S/C35H44N8O5/c1-5-24-30(40-12-13-41(26-7-6-25(26)40)33(46)23-8-11-36-16-27(23)47-4)31(45)29-32(39-43(38-29)22-9-14-48-15-10-22)42(24)17-28(44)37-35-18-34(19-35,20-35)21(2)3/h8-9,11,16,21,25-26H,5-7,10,12-15,17-20H2,1-4H3,(H,37,44)/t25-,26-,34?,35?/m0/s1. The molecule has 254 valence electrons. The fraction of sp³-hybridized carbons (Fsp3) is 0.600. The number of carbonyl (C=O) groups excluding carboxylic acids is 2. The van der Waals surface area contributed by atoms with Gasteiger partial charge in [-0.1, -0.05) is 20.8 Å².